The van der Waals surface area contributed by atoms with Gasteiger partial charge in [0, 0.05) is 0 Å². The third-order valence-corrected chi connectivity index (χ3v) is 3.29. The fourth-order valence-corrected chi connectivity index (χ4v) is 2.08. The predicted octanol–water partition coefficient (Wildman–Crippen LogP) is 0.634. The molecule has 0 saturated heterocycles. The number of anilines is 1. The maximum absolute atomic E-state index is 8.27. The molecule has 0 atom stereocenters. The van der Waals surface area contributed by atoms with Crippen molar-refractivity contribution in [2.45, 2.75) is 4.34 Å². The molecule has 5 nitrogen and oxygen atoms in total. The molecule has 0 aliphatic rings. The molecule has 0 bridgehead atoms. The van der Waals surface area contributed by atoms with Gasteiger partial charge < -0.3 is 11.5 Å². The highest BCUT2D eigenvalue weighted by molar-refractivity contribution is 8.00. The van der Waals surface area contributed by atoms with Gasteiger partial charge in [0.25, 0.3) is 0 Å². The van der Waals surface area contributed by atoms with E-state index in [-0.39, 0.29) is 5.84 Å². The standard InChI is InChI=1S/C6H7N5S2/c1-12-6-11-5(9)3(13-6)4(8)10-2-7/h9H2,1H3,(H2,8,10). The van der Waals surface area contributed by atoms with E-state index in [9.17, 15) is 0 Å². The molecule has 0 saturated carbocycles. The molecular formula is C6H7N5S2. The van der Waals surface area contributed by atoms with Gasteiger partial charge in [0.1, 0.15) is 10.7 Å². The minimum atomic E-state index is 0.123. The Bertz CT molecular complexity index is 375. The topological polar surface area (TPSA) is 101 Å². The number of rotatable bonds is 2. The number of amidine groups is 1. The third-order valence-electron chi connectivity index (χ3n) is 1.21. The van der Waals surface area contributed by atoms with Crippen molar-refractivity contribution in [3.63, 3.8) is 0 Å². The molecule has 0 amide bonds. The van der Waals surface area contributed by atoms with Gasteiger partial charge in [-0.2, -0.15) is 10.3 Å². The van der Waals surface area contributed by atoms with Crippen molar-refractivity contribution in [2.75, 3.05) is 12.0 Å². The highest BCUT2D eigenvalue weighted by Crippen LogP contribution is 2.26. The van der Waals surface area contributed by atoms with Gasteiger partial charge in [-0.3, -0.25) is 0 Å². The first-order valence-electron chi connectivity index (χ1n) is 3.22. The van der Waals surface area contributed by atoms with E-state index in [4.69, 9.17) is 16.7 Å². The Balaban J connectivity index is 3.09. The fraction of sp³-hybridized carbons (Fsp3) is 0.167. The molecule has 0 aliphatic carbocycles. The van der Waals surface area contributed by atoms with Crippen molar-refractivity contribution >= 4 is 34.8 Å². The quantitative estimate of drug-likeness (QED) is 0.325. The molecule has 1 aromatic rings. The molecule has 7 heteroatoms. The van der Waals surface area contributed by atoms with Crippen molar-refractivity contribution < 1.29 is 0 Å². The van der Waals surface area contributed by atoms with E-state index in [0.29, 0.717) is 10.7 Å². The highest BCUT2D eigenvalue weighted by atomic mass is 32.2. The molecule has 0 aromatic carbocycles. The van der Waals surface area contributed by atoms with E-state index in [1.54, 1.807) is 6.19 Å². The van der Waals surface area contributed by atoms with Gasteiger partial charge in [-0.05, 0) is 6.26 Å². The third kappa shape index (κ3) is 2.11. The summed E-state index contributed by atoms with van der Waals surface area (Å²) in [7, 11) is 0. The van der Waals surface area contributed by atoms with E-state index in [1.807, 2.05) is 6.26 Å². The lowest BCUT2D eigenvalue weighted by Gasteiger charge is -1.91. The van der Waals surface area contributed by atoms with Crippen LogP contribution in [0.5, 0.6) is 0 Å². The number of hydrogen-bond donors (Lipinski definition) is 2. The maximum Gasteiger partial charge on any atom is 0.207 e. The van der Waals surface area contributed by atoms with Gasteiger partial charge in [0.05, 0.1) is 0 Å². The normalized spacial score (nSPS) is 11.2. The van der Waals surface area contributed by atoms with Crippen molar-refractivity contribution in [3.8, 4) is 6.19 Å². The summed E-state index contributed by atoms with van der Waals surface area (Å²) < 4.78 is 0.809. The second kappa shape index (κ2) is 4.11. The molecule has 0 spiro atoms. The van der Waals surface area contributed by atoms with Crippen LogP contribution in [0.15, 0.2) is 9.33 Å². The number of nitrogens with zero attached hydrogens (tertiary/aromatic N) is 3. The largest absolute Gasteiger partial charge is 0.382 e. The zero-order valence-corrected chi connectivity index (χ0v) is 8.45. The van der Waals surface area contributed by atoms with Crippen molar-refractivity contribution in [3.05, 3.63) is 4.88 Å². The zero-order chi connectivity index (χ0) is 9.84. The lowest BCUT2D eigenvalue weighted by molar-refractivity contribution is 1.26. The molecular weight excluding hydrogens is 206 g/mol. The molecule has 1 heterocycles. The van der Waals surface area contributed by atoms with Crippen LogP contribution >= 0.6 is 23.1 Å². The highest BCUT2D eigenvalue weighted by Gasteiger charge is 2.10. The number of hydrogen-bond acceptors (Lipinski definition) is 6. The molecule has 0 aliphatic heterocycles. The lowest BCUT2D eigenvalue weighted by Crippen LogP contribution is -2.12. The number of thiazole rings is 1. The maximum atomic E-state index is 8.27. The average molecular weight is 213 g/mol. The van der Waals surface area contributed by atoms with E-state index in [0.717, 1.165) is 4.34 Å². The molecule has 0 unspecified atom stereocenters. The minimum Gasteiger partial charge on any atom is -0.382 e. The number of thioether (sulfide) groups is 1. The van der Waals surface area contributed by atoms with Gasteiger partial charge in [-0.15, -0.1) is 11.3 Å². The molecule has 68 valence electrons. The second-order valence-corrected chi connectivity index (χ2v) is 4.05. The lowest BCUT2D eigenvalue weighted by atomic mass is 10.5. The smallest absolute Gasteiger partial charge is 0.207 e. The van der Waals surface area contributed by atoms with E-state index in [1.165, 1.54) is 23.1 Å². The second-order valence-electron chi connectivity index (χ2n) is 2.00. The summed E-state index contributed by atoms with van der Waals surface area (Å²) >= 11 is 2.80. The van der Waals surface area contributed by atoms with Gasteiger partial charge >= 0.3 is 0 Å². The van der Waals surface area contributed by atoms with Gasteiger partial charge in [0.2, 0.25) is 6.19 Å². The van der Waals surface area contributed by atoms with Crippen LogP contribution in [-0.4, -0.2) is 17.1 Å². The number of aliphatic imine (C=N–C) groups is 1. The van der Waals surface area contributed by atoms with Crippen LogP contribution in [-0.2, 0) is 0 Å². The minimum absolute atomic E-state index is 0.123. The number of nitrogens with two attached hydrogens (primary N) is 2. The summed E-state index contributed by atoms with van der Waals surface area (Å²) in [6.07, 6.45) is 3.49. The molecule has 1 rings (SSSR count). The van der Waals surface area contributed by atoms with E-state index < -0.39 is 0 Å². The Morgan fingerprint density at radius 2 is 2.46 bits per heavy atom. The van der Waals surface area contributed by atoms with Crippen LogP contribution in [0.4, 0.5) is 5.82 Å². The number of aromatic nitrogens is 1. The summed E-state index contributed by atoms with van der Waals surface area (Å²) in [6.45, 7) is 0. The molecule has 0 radical (unpaired) electrons. The first-order valence-corrected chi connectivity index (χ1v) is 5.26. The average Bonchev–Trinajstić information content (AvgIpc) is 2.47. The molecule has 1 aromatic heterocycles. The molecule has 0 fully saturated rings. The van der Waals surface area contributed by atoms with Crippen LogP contribution in [0, 0.1) is 11.5 Å². The summed E-state index contributed by atoms with van der Waals surface area (Å²) in [4.78, 5) is 7.97. The van der Waals surface area contributed by atoms with Crippen molar-refractivity contribution in [1.82, 2.24) is 4.98 Å². The van der Waals surface area contributed by atoms with Gasteiger partial charge in [-0.25, -0.2) is 4.98 Å². The first-order chi connectivity index (χ1) is 6.19. The van der Waals surface area contributed by atoms with Crippen LogP contribution in [0.25, 0.3) is 0 Å². The van der Waals surface area contributed by atoms with Crippen molar-refractivity contribution in [1.29, 1.82) is 5.26 Å². The van der Waals surface area contributed by atoms with E-state index >= 15 is 0 Å². The van der Waals surface area contributed by atoms with Gasteiger partial charge in [-0.1, -0.05) is 11.8 Å². The monoisotopic (exact) mass is 213 g/mol. The molecule has 4 N–H and O–H groups in total. The number of nitriles is 1. The summed E-state index contributed by atoms with van der Waals surface area (Å²) in [5.74, 6) is 0.448. The summed E-state index contributed by atoms with van der Waals surface area (Å²) in [5, 5.41) is 8.27. The summed E-state index contributed by atoms with van der Waals surface area (Å²) in [6, 6.07) is 0. The fourth-order valence-electron chi connectivity index (χ4n) is 0.687. The Morgan fingerprint density at radius 3 is 2.92 bits per heavy atom. The zero-order valence-electron chi connectivity index (χ0n) is 6.81. The van der Waals surface area contributed by atoms with Crippen LogP contribution < -0.4 is 11.5 Å². The SMILES string of the molecule is CSc1nc(N)c(C(N)=NC#N)s1. The first kappa shape index (κ1) is 9.83. The van der Waals surface area contributed by atoms with Crippen LogP contribution in [0.2, 0.25) is 0 Å². The Kier molecular flexibility index (Phi) is 3.11. The van der Waals surface area contributed by atoms with Crippen molar-refractivity contribution in [2.24, 2.45) is 10.7 Å². The predicted molar refractivity (Wildman–Crippen MR) is 54.6 cm³/mol. The number of nitrogen functional groups attached to an aromatic ring is 1. The van der Waals surface area contributed by atoms with Crippen LogP contribution in [0.1, 0.15) is 4.88 Å². The van der Waals surface area contributed by atoms with Crippen LogP contribution in [0.3, 0.4) is 0 Å². The van der Waals surface area contributed by atoms with Gasteiger partial charge in [0.15, 0.2) is 10.2 Å². The summed E-state index contributed by atoms with van der Waals surface area (Å²) in [5.41, 5.74) is 11.0. The Labute approximate surface area is 83.5 Å². The Morgan fingerprint density at radius 1 is 1.77 bits per heavy atom. The van der Waals surface area contributed by atoms with E-state index in [2.05, 4.69) is 9.98 Å². The Hall–Kier alpha value is -1.26. The molecule has 13 heavy (non-hydrogen) atoms.